The molecule has 0 unspecified atom stereocenters. The number of anilines is 4. The van der Waals surface area contributed by atoms with Crippen LogP contribution in [-0.2, 0) is 0 Å². The minimum Gasteiger partial charge on any atom is -0.368 e. The van der Waals surface area contributed by atoms with Crippen molar-refractivity contribution in [2.75, 3.05) is 41.3 Å². The van der Waals surface area contributed by atoms with Crippen LogP contribution in [0.1, 0.15) is 11.1 Å². The highest BCUT2D eigenvalue weighted by Crippen LogP contribution is 2.23. The van der Waals surface area contributed by atoms with E-state index < -0.39 is 0 Å². The predicted molar refractivity (Wildman–Crippen MR) is 112 cm³/mol. The molecule has 27 heavy (non-hydrogen) atoms. The maximum absolute atomic E-state index is 4.50. The smallest absolute Gasteiger partial charge is 0.135 e. The summed E-state index contributed by atoms with van der Waals surface area (Å²) in [5.41, 5.74) is 4.85. The summed E-state index contributed by atoms with van der Waals surface area (Å²) in [7, 11) is 0. The maximum Gasteiger partial charge on any atom is 0.135 e. The van der Waals surface area contributed by atoms with Gasteiger partial charge in [-0.2, -0.15) is 0 Å². The molecule has 0 atom stereocenters. The summed E-state index contributed by atoms with van der Waals surface area (Å²) in [6, 6.07) is 19.0. The van der Waals surface area contributed by atoms with Gasteiger partial charge >= 0.3 is 0 Å². The molecule has 2 aromatic carbocycles. The first kappa shape index (κ1) is 17.3. The van der Waals surface area contributed by atoms with Crippen LogP contribution in [0, 0.1) is 13.8 Å². The van der Waals surface area contributed by atoms with Gasteiger partial charge in [-0.15, -0.1) is 0 Å². The molecule has 0 saturated carbocycles. The number of rotatable bonds is 4. The lowest BCUT2D eigenvalue weighted by Crippen LogP contribution is -2.46. The van der Waals surface area contributed by atoms with Crippen molar-refractivity contribution in [2.45, 2.75) is 13.8 Å². The summed E-state index contributed by atoms with van der Waals surface area (Å²) < 4.78 is 0. The van der Waals surface area contributed by atoms with Crippen molar-refractivity contribution in [1.82, 2.24) is 9.97 Å². The normalized spacial score (nSPS) is 14.3. The van der Waals surface area contributed by atoms with Crippen molar-refractivity contribution in [3.8, 4) is 0 Å². The number of nitrogens with zero attached hydrogens (tertiary/aromatic N) is 4. The van der Waals surface area contributed by atoms with Gasteiger partial charge < -0.3 is 15.1 Å². The Hall–Kier alpha value is -3.08. The fourth-order valence-corrected chi connectivity index (χ4v) is 3.51. The van der Waals surface area contributed by atoms with Crippen LogP contribution in [0.5, 0.6) is 0 Å². The molecule has 5 nitrogen and oxygen atoms in total. The molecule has 0 amide bonds. The van der Waals surface area contributed by atoms with Crippen LogP contribution < -0.4 is 15.1 Å². The number of aryl methyl sites for hydroxylation is 2. The predicted octanol–water partition coefficient (Wildman–Crippen LogP) is 4.16. The zero-order chi connectivity index (χ0) is 18.6. The minimum absolute atomic E-state index is 0.831. The molecule has 4 rings (SSSR count). The molecule has 0 spiro atoms. The summed E-state index contributed by atoms with van der Waals surface area (Å²) in [6.45, 7) is 8.11. The number of hydrogen-bond acceptors (Lipinski definition) is 5. The van der Waals surface area contributed by atoms with Crippen LogP contribution in [0.25, 0.3) is 0 Å². The second kappa shape index (κ2) is 7.66. The van der Waals surface area contributed by atoms with Crippen LogP contribution in [0.3, 0.4) is 0 Å². The lowest BCUT2D eigenvalue weighted by Gasteiger charge is -2.36. The minimum atomic E-state index is 0.831. The van der Waals surface area contributed by atoms with Crippen LogP contribution >= 0.6 is 0 Å². The highest BCUT2D eigenvalue weighted by molar-refractivity contribution is 5.63. The van der Waals surface area contributed by atoms with Gasteiger partial charge in [0, 0.05) is 43.6 Å². The third kappa shape index (κ3) is 4.03. The van der Waals surface area contributed by atoms with Crippen molar-refractivity contribution >= 4 is 23.0 Å². The number of benzene rings is 2. The largest absolute Gasteiger partial charge is 0.368 e. The van der Waals surface area contributed by atoms with E-state index in [0.717, 1.165) is 43.5 Å². The second-order valence-electron chi connectivity index (χ2n) is 7.01. The van der Waals surface area contributed by atoms with E-state index in [0.29, 0.717) is 0 Å². The molecule has 1 saturated heterocycles. The third-order valence-corrected chi connectivity index (χ3v) is 5.02. The number of para-hydroxylation sites is 1. The Morgan fingerprint density at radius 3 is 2.30 bits per heavy atom. The monoisotopic (exact) mass is 359 g/mol. The summed E-state index contributed by atoms with van der Waals surface area (Å²) in [5.74, 6) is 1.81. The van der Waals surface area contributed by atoms with Crippen molar-refractivity contribution in [3.05, 3.63) is 72.1 Å². The zero-order valence-corrected chi connectivity index (χ0v) is 15.9. The van der Waals surface area contributed by atoms with E-state index in [2.05, 4.69) is 87.5 Å². The summed E-state index contributed by atoms with van der Waals surface area (Å²) in [5, 5.41) is 3.43. The number of aromatic nitrogens is 2. The molecule has 0 radical (unpaired) electrons. The van der Waals surface area contributed by atoms with Crippen LogP contribution in [-0.4, -0.2) is 36.1 Å². The first-order chi connectivity index (χ1) is 13.2. The lowest BCUT2D eigenvalue weighted by molar-refractivity contribution is 0.647. The van der Waals surface area contributed by atoms with Gasteiger partial charge in [-0.05, 0) is 37.6 Å². The standard InChI is InChI=1S/C22H25N5/c1-17-8-9-20(18(2)14-17)25-21-15-22(24-16-23-21)27-12-10-26(11-13-27)19-6-4-3-5-7-19/h3-9,14-16H,10-13H2,1-2H3,(H,23,24,25). The van der Waals surface area contributed by atoms with Gasteiger partial charge in [0.05, 0.1) is 0 Å². The van der Waals surface area contributed by atoms with E-state index in [1.54, 1.807) is 6.33 Å². The van der Waals surface area contributed by atoms with Crippen molar-refractivity contribution in [1.29, 1.82) is 0 Å². The Balaban J connectivity index is 1.44. The average Bonchev–Trinajstić information content (AvgIpc) is 2.71. The molecule has 1 aliphatic rings. The number of hydrogen-bond donors (Lipinski definition) is 1. The number of piperazine rings is 1. The lowest BCUT2D eigenvalue weighted by atomic mass is 10.1. The summed E-state index contributed by atoms with van der Waals surface area (Å²) in [4.78, 5) is 13.6. The third-order valence-electron chi connectivity index (χ3n) is 5.02. The molecule has 1 N–H and O–H groups in total. The van der Waals surface area contributed by atoms with Gasteiger partial charge in [-0.25, -0.2) is 9.97 Å². The summed E-state index contributed by atoms with van der Waals surface area (Å²) in [6.07, 6.45) is 1.64. The Bertz CT molecular complexity index is 902. The molecule has 3 aromatic rings. The highest BCUT2D eigenvalue weighted by atomic mass is 15.3. The highest BCUT2D eigenvalue weighted by Gasteiger charge is 2.18. The Morgan fingerprint density at radius 1 is 0.815 bits per heavy atom. The van der Waals surface area contributed by atoms with Crippen LogP contribution in [0.2, 0.25) is 0 Å². The molecule has 1 aromatic heterocycles. The SMILES string of the molecule is Cc1ccc(Nc2cc(N3CCN(c4ccccc4)CC3)ncn2)c(C)c1. The van der Waals surface area contributed by atoms with Gasteiger partial charge in [-0.1, -0.05) is 35.9 Å². The fourth-order valence-electron chi connectivity index (χ4n) is 3.51. The molecule has 5 heteroatoms. The second-order valence-corrected chi connectivity index (χ2v) is 7.01. The van der Waals surface area contributed by atoms with Gasteiger partial charge in [0.15, 0.2) is 0 Å². The van der Waals surface area contributed by atoms with E-state index in [9.17, 15) is 0 Å². The van der Waals surface area contributed by atoms with Gasteiger partial charge in [-0.3, -0.25) is 0 Å². The molecule has 1 aliphatic heterocycles. The Labute approximate surface area is 160 Å². The molecule has 2 heterocycles. The quantitative estimate of drug-likeness (QED) is 0.758. The molecule has 1 fully saturated rings. The topological polar surface area (TPSA) is 44.3 Å². The number of nitrogens with one attached hydrogen (secondary N) is 1. The Kier molecular flexibility index (Phi) is 4.92. The van der Waals surface area contributed by atoms with Crippen molar-refractivity contribution < 1.29 is 0 Å². The van der Waals surface area contributed by atoms with Crippen molar-refractivity contribution in [3.63, 3.8) is 0 Å². The van der Waals surface area contributed by atoms with Crippen LogP contribution in [0.15, 0.2) is 60.9 Å². The molecule has 0 bridgehead atoms. The van der Waals surface area contributed by atoms with E-state index in [1.165, 1.54) is 16.8 Å². The average molecular weight is 359 g/mol. The molecule has 138 valence electrons. The van der Waals surface area contributed by atoms with E-state index in [4.69, 9.17) is 0 Å². The Morgan fingerprint density at radius 2 is 1.56 bits per heavy atom. The van der Waals surface area contributed by atoms with Gasteiger partial charge in [0.1, 0.15) is 18.0 Å². The first-order valence-electron chi connectivity index (χ1n) is 9.40. The fraction of sp³-hybridized carbons (Fsp3) is 0.273. The van der Waals surface area contributed by atoms with E-state index in [1.807, 2.05) is 6.07 Å². The van der Waals surface area contributed by atoms with E-state index in [-0.39, 0.29) is 0 Å². The van der Waals surface area contributed by atoms with Gasteiger partial charge in [0.2, 0.25) is 0 Å². The van der Waals surface area contributed by atoms with E-state index >= 15 is 0 Å². The summed E-state index contributed by atoms with van der Waals surface area (Å²) >= 11 is 0. The maximum atomic E-state index is 4.50. The molecule has 0 aliphatic carbocycles. The first-order valence-corrected chi connectivity index (χ1v) is 9.40. The molecular formula is C22H25N5. The van der Waals surface area contributed by atoms with Gasteiger partial charge in [0.25, 0.3) is 0 Å². The zero-order valence-electron chi connectivity index (χ0n) is 15.9. The van der Waals surface area contributed by atoms with Crippen molar-refractivity contribution in [2.24, 2.45) is 0 Å². The van der Waals surface area contributed by atoms with Crippen LogP contribution in [0.4, 0.5) is 23.0 Å². The molecular weight excluding hydrogens is 334 g/mol.